The van der Waals surface area contributed by atoms with Gasteiger partial charge in [0.05, 0.1) is 40.4 Å². The minimum Gasteiger partial charge on any atom is -0.443 e. The van der Waals surface area contributed by atoms with E-state index in [1.54, 1.807) is 29.4 Å². The number of rotatable bonds is 5. The van der Waals surface area contributed by atoms with E-state index in [9.17, 15) is 13.6 Å². The van der Waals surface area contributed by atoms with Crippen LogP contribution in [0.3, 0.4) is 0 Å². The maximum Gasteiger partial charge on any atom is 0.415 e. The Hall–Kier alpha value is -4.18. The number of nitrogens with one attached hydrogen (secondary N) is 2. The molecule has 0 radical (unpaired) electrons. The number of pyridine rings is 1. The second kappa shape index (κ2) is 11.1. The van der Waals surface area contributed by atoms with Gasteiger partial charge in [0.15, 0.2) is 5.82 Å². The summed E-state index contributed by atoms with van der Waals surface area (Å²) in [6.07, 6.45) is 5.12. The summed E-state index contributed by atoms with van der Waals surface area (Å²) in [5.74, 6) is -1.19. The van der Waals surface area contributed by atoms with Gasteiger partial charge in [-0.15, -0.1) is 0 Å². The molecule has 2 N–H and O–H groups in total. The summed E-state index contributed by atoms with van der Waals surface area (Å²) in [7, 11) is 0. The minimum absolute atomic E-state index is 0.0681. The molecular formula is C30H32F2N6O2. The molecule has 5 rings (SSSR count). The van der Waals surface area contributed by atoms with Crippen LogP contribution in [0.25, 0.3) is 22.3 Å². The molecule has 1 aliphatic rings. The largest absolute Gasteiger partial charge is 0.443 e. The van der Waals surface area contributed by atoms with Gasteiger partial charge in [0, 0.05) is 24.3 Å². The van der Waals surface area contributed by atoms with Gasteiger partial charge in [-0.2, -0.15) is 0 Å². The maximum atomic E-state index is 14.5. The Morgan fingerprint density at radius 3 is 2.52 bits per heavy atom. The van der Waals surface area contributed by atoms with Gasteiger partial charge in [0.25, 0.3) is 0 Å². The second-order valence-corrected chi connectivity index (χ2v) is 11.1. The number of hydrogen-bond acceptors (Lipinski definition) is 7. The first kappa shape index (κ1) is 27.4. The first-order valence-electron chi connectivity index (χ1n) is 13.2. The summed E-state index contributed by atoms with van der Waals surface area (Å²) < 4.78 is 34.9. The maximum absolute atomic E-state index is 14.5. The normalized spacial score (nSPS) is 17.4. The molecule has 10 heteroatoms. The number of hydrogen-bond donors (Lipinski definition) is 2. The number of aromatic nitrogens is 3. The summed E-state index contributed by atoms with van der Waals surface area (Å²) in [4.78, 5) is 28.3. The molecule has 3 heterocycles. The zero-order valence-corrected chi connectivity index (χ0v) is 22.9. The Bertz CT molecular complexity index is 1520. The van der Waals surface area contributed by atoms with Crippen molar-refractivity contribution in [1.29, 1.82) is 0 Å². The fourth-order valence-electron chi connectivity index (χ4n) is 4.91. The lowest BCUT2D eigenvalue weighted by Crippen LogP contribution is -2.52. The van der Waals surface area contributed by atoms with Gasteiger partial charge in [0.1, 0.15) is 17.2 Å². The van der Waals surface area contributed by atoms with Gasteiger partial charge in [-0.05, 0) is 63.9 Å². The van der Waals surface area contributed by atoms with E-state index >= 15 is 0 Å². The fourth-order valence-corrected chi connectivity index (χ4v) is 4.91. The molecule has 40 heavy (non-hydrogen) atoms. The SMILES string of the molecule is C[C@H]1CNC[C@@H](N(C(=O)OC(C)(C)C)c2ccncc2Nc2cccc3cnc(-c4c(F)cccc4F)nc23)C1. The molecule has 4 aromatic rings. The summed E-state index contributed by atoms with van der Waals surface area (Å²) in [5.41, 5.74) is 1.19. The highest BCUT2D eigenvalue weighted by atomic mass is 19.1. The van der Waals surface area contributed by atoms with E-state index in [1.807, 2.05) is 32.9 Å². The van der Waals surface area contributed by atoms with Crippen LogP contribution in [0, 0.1) is 17.6 Å². The molecule has 208 valence electrons. The third kappa shape index (κ3) is 5.86. The second-order valence-electron chi connectivity index (χ2n) is 11.1. The quantitative estimate of drug-likeness (QED) is 0.297. The van der Waals surface area contributed by atoms with Crippen molar-refractivity contribution in [1.82, 2.24) is 20.3 Å². The fraction of sp³-hybridized carbons (Fsp3) is 0.333. The van der Waals surface area contributed by atoms with E-state index in [4.69, 9.17) is 4.74 Å². The van der Waals surface area contributed by atoms with E-state index < -0.39 is 23.3 Å². The van der Waals surface area contributed by atoms with E-state index in [2.05, 4.69) is 32.5 Å². The van der Waals surface area contributed by atoms with Crippen LogP contribution in [-0.2, 0) is 4.74 Å². The lowest BCUT2D eigenvalue weighted by Gasteiger charge is -2.38. The Morgan fingerprint density at radius 2 is 1.80 bits per heavy atom. The van der Waals surface area contributed by atoms with Gasteiger partial charge in [-0.1, -0.05) is 25.1 Å². The van der Waals surface area contributed by atoms with Crippen LogP contribution in [-0.4, -0.2) is 45.8 Å². The highest BCUT2D eigenvalue weighted by Gasteiger charge is 2.34. The molecule has 0 unspecified atom stereocenters. The molecule has 1 amide bonds. The minimum atomic E-state index is -0.748. The van der Waals surface area contributed by atoms with Crippen molar-refractivity contribution in [3.8, 4) is 11.4 Å². The Kier molecular flexibility index (Phi) is 7.62. The van der Waals surface area contributed by atoms with E-state index in [0.29, 0.717) is 40.4 Å². The smallest absolute Gasteiger partial charge is 0.415 e. The van der Waals surface area contributed by atoms with Crippen LogP contribution in [0.15, 0.2) is 61.1 Å². The van der Waals surface area contributed by atoms with Crippen LogP contribution >= 0.6 is 0 Å². The number of carbonyl (C=O) groups is 1. The Labute approximate surface area is 231 Å². The van der Waals surface area contributed by atoms with Gasteiger partial charge < -0.3 is 15.4 Å². The van der Waals surface area contributed by atoms with Crippen LogP contribution in [0.1, 0.15) is 34.1 Å². The molecule has 1 fully saturated rings. The van der Waals surface area contributed by atoms with Crippen molar-refractivity contribution in [3.05, 3.63) is 72.7 Å². The van der Waals surface area contributed by atoms with E-state index in [-0.39, 0.29) is 17.4 Å². The van der Waals surface area contributed by atoms with Crippen molar-refractivity contribution in [2.75, 3.05) is 23.3 Å². The predicted molar refractivity (Wildman–Crippen MR) is 152 cm³/mol. The Balaban J connectivity index is 1.57. The third-order valence-electron chi connectivity index (χ3n) is 6.63. The van der Waals surface area contributed by atoms with Crippen LogP contribution < -0.4 is 15.5 Å². The van der Waals surface area contributed by atoms with Crippen molar-refractivity contribution < 1.29 is 18.3 Å². The molecular weight excluding hydrogens is 514 g/mol. The molecule has 2 aromatic heterocycles. The number of para-hydroxylation sites is 1. The van der Waals surface area contributed by atoms with Gasteiger partial charge in [0.2, 0.25) is 0 Å². The number of ether oxygens (including phenoxy) is 1. The van der Waals surface area contributed by atoms with Crippen LogP contribution in [0.2, 0.25) is 0 Å². The summed E-state index contributed by atoms with van der Waals surface area (Å²) >= 11 is 0. The first-order chi connectivity index (χ1) is 19.1. The number of nitrogens with zero attached hydrogens (tertiary/aromatic N) is 4. The number of benzene rings is 2. The zero-order chi connectivity index (χ0) is 28.4. The number of halogens is 2. The highest BCUT2D eigenvalue weighted by molar-refractivity contribution is 5.97. The van der Waals surface area contributed by atoms with Crippen molar-refractivity contribution >= 4 is 34.1 Å². The first-order valence-corrected chi connectivity index (χ1v) is 13.2. The molecule has 2 atom stereocenters. The number of fused-ring (bicyclic) bond motifs is 1. The molecule has 0 bridgehead atoms. The molecule has 1 saturated heterocycles. The molecule has 0 spiro atoms. The van der Waals surface area contributed by atoms with Gasteiger partial charge in [-0.3, -0.25) is 9.88 Å². The lowest BCUT2D eigenvalue weighted by atomic mass is 9.96. The molecule has 0 aliphatic carbocycles. The molecule has 0 saturated carbocycles. The summed E-state index contributed by atoms with van der Waals surface area (Å²) in [6.45, 7) is 9.14. The summed E-state index contributed by atoms with van der Waals surface area (Å²) in [5, 5.41) is 7.45. The lowest BCUT2D eigenvalue weighted by molar-refractivity contribution is 0.0557. The molecule has 2 aromatic carbocycles. The van der Waals surface area contributed by atoms with Gasteiger partial charge in [-0.25, -0.2) is 23.5 Å². The monoisotopic (exact) mass is 546 g/mol. The standard InChI is InChI=1S/C30H32F2N6O2/c1-18-13-20(16-34-14-18)38(29(39)40-30(2,3)4)25-11-12-33-17-24(25)36-23-10-5-7-19-15-35-28(37-27(19)23)26-21(31)8-6-9-22(26)32/h5-12,15,17-18,20,34,36H,13-14,16H2,1-4H3/t18-,20+/m1/s1. The predicted octanol–water partition coefficient (Wildman–Crippen LogP) is 6.45. The molecule has 1 aliphatic heterocycles. The number of carbonyl (C=O) groups excluding carboxylic acids is 1. The van der Waals surface area contributed by atoms with E-state index in [0.717, 1.165) is 13.0 Å². The average Bonchev–Trinajstić information content (AvgIpc) is 2.89. The van der Waals surface area contributed by atoms with Crippen molar-refractivity contribution in [2.45, 2.75) is 45.8 Å². The summed E-state index contributed by atoms with van der Waals surface area (Å²) in [6, 6.07) is 10.7. The highest BCUT2D eigenvalue weighted by Crippen LogP contribution is 2.35. The number of piperidine rings is 1. The van der Waals surface area contributed by atoms with Crippen molar-refractivity contribution in [3.63, 3.8) is 0 Å². The number of amides is 1. The van der Waals surface area contributed by atoms with Crippen molar-refractivity contribution in [2.24, 2.45) is 5.92 Å². The van der Waals surface area contributed by atoms with Crippen LogP contribution in [0.5, 0.6) is 0 Å². The molecule has 8 nitrogen and oxygen atoms in total. The topological polar surface area (TPSA) is 92.3 Å². The van der Waals surface area contributed by atoms with Crippen LogP contribution in [0.4, 0.5) is 30.6 Å². The van der Waals surface area contributed by atoms with E-state index in [1.165, 1.54) is 24.4 Å². The average molecular weight is 547 g/mol. The van der Waals surface area contributed by atoms with Gasteiger partial charge >= 0.3 is 6.09 Å². The Morgan fingerprint density at radius 1 is 1.05 bits per heavy atom. The number of anilines is 3. The zero-order valence-electron chi connectivity index (χ0n) is 22.9. The third-order valence-corrected chi connectivity index (χ3v) is 6.63.